The molecule has 0 aliphatic carbocycles. The number of rotatable bonds is 5. The third-order valence-electron chi connectivity index (χ3n) is 2.71. The standard InChI is InChI=1S/C14H17NO2/c1-4-5-13(16)12(9-15)11-7-6-10(2)14(8-11)17-3/h6-8,12H,4-5H2,1-3H3. The SMILES string of the molecule is CCCC(=O)C(C#N)c1ccc(C)c(OC)c1. The quantitative estimate of drug-likeness (QED) is 0.782. The highest BCUT2D eigenvalue weighted by Gasteiger charge is 2.19. The molecular formula is C14H17NO2. The molecular weight excluding hydrogens is 214 g/mol. The van der Waals surface area contributed by atoms with Crippen molar-refractivity contribution in [3.8, 4) is 11.8 Å². The first-order valence-corrected chi connectivity index (χ1v) is 5.70. The Labute approximate surface area is 102 Å². The molecule has 0 aliphatic heterocycles. The van der Waals surface area contributed by atoms with Gasteiger partial charge in [-0.3, -0.25) is 4.79 Å². The first-order valence-electron chi connectivity index (χ1n) is 5.70. The zero-order valence-corrected chi connectivity index (χ0v) is 10.5. The van der Waals surface area contributed by atoms with Crippen LogP contribution in [0.1, 0.15) is 36.8 Å². The fourth-order valence-corrected chi connectivity index (χ4v) is 1.74. The van der Waals surface area contributed by atoms with Gasteiger partial charge in [-0.1, -0.05) is 19.1 Å². The van der Waals surface area contributed by atoms with Gasteiger partial charge in [0.25, 0.3) is 0 Å². The number of nitriles is 1. The normalized spacial score (nSPS) is 11.6. The molecule has 1 aromatic carbocycles. The number of carbonyl (C=O) groups is 1. The van der Waals surface area contributed by atoms with E-state index in [1.807, 2.05) is 26.0 Å². The zero-order valence-electron chi connectivity index (χ0n) is 10.5. The summed E-state index contributed by atoms with van der Waals surface area (Å²) in [6, 6.07) is 7.53. The number of carbonyl (C=O) groups excluding carboxylic acids is 1. The smallest absolute Gasteiger partial charge is 0.154 e. The Morgan fingerprint density at radius 2 is 2.24 bits per heavy atom. The van der Waals surface area contributed by atoms with Crippen LogP contribution in [0.15, 0.2) is 18.2 Å². The molecule has 0 spiro atoms. The van der Waals surface area contributed by atoms with E-state index in [0.717, 1.165) is 12.0 Å². The van der Waals surface area contributed by atoms with Gasteiger partial charge in [-0.25, -0.2) is 0 Å². The van der Waals surface area contributed by atoms with Gasteiger partial charge in [0.15, 0.2) is 5.78 Å². The lowest BCUT2D eigenvalue weighted by Crippen LogP contribution is -2.10. The van der Waals surface area contributed by atoms with Crippen LogP contribution in [-0.2, 0) is 4.79 Å². The van der Waals surface area contributed by atoms with Crippen LogP contribution in [0.2, 0.25) is 0 Å². The molecule has 0 radical (unpaired) electrons. The summed E-state index contributed by atoms with van der Waals surface area (Å²) < 4.78 is 5.20. The van der Waals surface area contributed by atoms with Gasteiger partial charge in [0.05, 0.1) is 13.2 Å². The maximum absolute atomic E-state index is 11.8. The first-order chi connectivity index (χ1) is 8.13. The van der Waals surface area contributed by atoms with Crippen molar-refractivity contribution in [2.75, 3.05) is 7.11 Å². The molecule has 1 unspecified atom stereocenters. The highest BCUT2D eigenvalue weighted by Crippen LogP contribution is 2.25. The van der Waals surface area contributed by atoms with Crippen molar-refractivity contribution >= 4 is 5.78 Å². The predicted molar refractivity (Wildman–Crippen MR) is 66.0 cm³/mol. The van der Waals surface area contributed by atoms with Crippen molar-refractivity contribution in [3.63, 3.8) is 0 Å². The van der Waals surface area contributed by atoms with Crippen LogP contribution in [0.4, 0.5) is 0 Å². The lowest BCUT2D eigenvalue weighted by Gasteiger charge is -2.11. The Morgan fingerprint density at radius 3 is 2.76 bits per heavy atom. The molecule has 0 bridgehead atoms. The average molecular weight is 231 g/mol. The maximum Gasteiger partial charge on any atom is 0.154 e. The monoisotopic (exact) mass is 231 g/mol. The van der Waals surface area contributed by atoms with Crippen molar-refractivity contribution in [3.05, 3.63) is 29.3 Å². The molecule has 0 aliphatic rings. The van der Waals surface area contributed by atoms with Crippen molar-refractivity contribution < 1.29 is 9.53 Å². The predicted octanol–water partition coefficient (Wildman–Crippen LogP) is 2.98. The second kappa shape index (κ2) is 6.05. The third kappa shape index (κ3) is 3.07. The fraction of sp³-hybridized carbons (Fsp3) is 0.429. The van der Waals surface area contributed by atoms with Crippen LogP contribution in [0, 0.1) is 18.3 Å². The molecule has 0 heterocycles. The minimum absolute atomic E-state index is 0.0269. The number of hydrogen-bond donors (Lipinski definition) is 0. The van der Waals surface area contributed by atoms with E-state index in [4.69, 9.17) is 10.00 Å². The van der Waals surface area contributed by atoms with E-state index in [2.05, 4.69) is 6.07 Å². The number of methoxy groups -OCH3 is 1. The molecule has 90 valence electrons. The Balaban J connectivity index is 3.05. The molecule has 1 rings (SSSR count). The van der Waals surface area contributed by atoms with E-state index in [9.17, 15) is 4.79 Å². The van der Waals surface area contributed by atoms with Crippen molar-refractivity contribution in [1.29, 1.82) is 5.26 Å². The lowest BCUT2D eigenvalue weighted by molar-refractivity contribution is -0.119. The topological polar surface area (TPSA) is 50.1 Å². The molecule has 0 saturated heterocycles. The van der Waals surface area contributed by atoms with Crippen LogP contribution in [0.3, 0.4) is 0 Å². The van der Waals surface area contributed by atoms with Crippen LogP contribution in [0.5, 0.6) is 5.75 Å². The van der Waals surface area contributed by atoms with Gasteiger partial charge in [0.2, 0.25) is 0 Å². The van der Waals surface area contributed by atoms with Gasteiger partial charge < -0.3 is 4.74 Å². The molecule has 0 saturated carbocycles. The van der Waals surface area contributed by atoms with Gasteiger partial charge in [-0.05, 0) is 30.5 Å². The molecule has 0 N–H and O–H groups in total. The van der Waals surface area contributed by atoms with E-state index >= 15 is 0 Å². The summed E-state index contributed by atoms with van der Waals surface area (Å²) in [4.78, 5) is 11.8. The van der Waals surface area contributed by atoms with Gasteiger partial charge in [0, 0.05) is 6.42 Å². The van der Waals surface area contributed by atoms with Crippen molar-refractivity contribution in [2.24, 2.45) is 0 Å². The highest BCUT2D eigenvalue weighted by molar-refractivity contribution is 5.88. The number of aryl methyl sites for hydroxylation is 1. The van der Waals surface area contributed by atoms with Gasteiger partial charge in [-0.15, -0.1) is 0 Å². The highest BCUT2D eigenvalue weighted by atomic mass is 16.5. The van der Waals surface area contributed by atoms with Gasteiger partial charge in [-0.2, -0.15) is 5.26 Å². The molecule has 3 nitrogen and oxygen atoms in total. The van der Waals surface area contributed by atoms with E-state index < -0.39 is 5.92 Å². The number of benzene rings is 1. The molecule has 0 aromatic heterocycles. The van der Waals surface area contributed by atoms with E-state index in [1.54, 1.807) is 13.2 Å². The first kappa shape index (κ1) is 13.2. The number of nitrogens with zero attached hydrogens (tertiary/aromatic N) is 1. The fourth-order valence-electron chi connectivity index (χ4n) is 1.74. The molecule has 17 heavy (non-hydrogen) atoms. The molecule has 0 amide bonds. The largest absolute Gasteiger partial charge is 0.496 e. The summed E-state index contributed by atoms with van der Waals surface area (Å²) >= 11 is 0. The minimum atomic E-state index is -0.676. The molecule has 0 fully saturated rings. The minimum Gasteiger partial charge on any atom is -0.496 e. The van der Waals surface area contributed by atoms with Crippen LogP contribution in [0.25, 0.3) is 0 Å². The number of Topliss-reactive ketones (excluding diaryl/α,β-unsaturated/α-hetero) is 1. The van der Waals surface area contributed by atoms with Crippen LogP contribution in [-0.4, -0.2) is 12.9 Å². The van der Waals surface area contributed by atoms with Crippen LogP contribution < -0.4 is 4.74 Å². The summed E-state index contributed by atoms with van der Waals surface area (Å²) in [5.74, 6) is 0.0115. The Morgan fingerprint density at radius 1 is 1.53 bits per heavy atom. The zero-order chi connectivity index (χ0) is 12.8. The Bertz CT molecular complexity index is 446. The summed E-state index contributed by atoms with van der Waals surface area (Å²) in [5, 5.41) is 9.10. The second-order valence-corrected chi connectivity index (χ2v) is 4.01. The maximum atomic E-state index is 11.8. The molecule has 1 atom stereocenters. The summed E-state index contributed by atoms with van der Waals surface area (Å²) in [6.07, 6.45) is 1.20. The van der Waals surface area contributed by atoms with E-state index in [-0.39, 0.29) is 5.78 Å². The Kier molecular flexibility index (Phi) is 4.71. The summed E-state index contributed by atoms with van der Waals surface area (Å²) in [5.41, 5.74) is 1.71. The van der Waals surface area contributed by atoms with E-state index in [1.165, 1.54) is 0 Å². The number of ether oxygens (including phenoxy) is 1. The second-order valence-electron chi connectivity index (χ2n) is 4.01. The van der Waals surface area contributed by atoms with Gasteiger partial charge in [0.1, 0.15) is 11.7 Å². The van der Waals surface area contributed by atoms with E-state index in [0.29, 0.717) is 17.7 Å². The molecule has 1 aromatic rings. The van der Waals surface area contributed by atoms with Gasteiger partial charge >= 0.3 is 0 Å². The summed E-state index contributed by atoms with van der Waals surface area (Å²) in [6.45, 7) is 3.86. The van der Waals surface area contributed by atoms with Crippen molar-refractivity contribution in [1.82, 2.24) is 0 Å². The average Bonchev–Trinajstić information content (AvgIpc) is 2.32. The van der Waals surface area contributed by atoms with Crippen LogP contribution >= 0.6 is 0 Å². The summed E-state index contributed by atoms with van der Waals surface area (Å²) in [7, 11) is 1.58. The lowest BCUT2D eigenvalue weighted by atomic mass is 9.93. The number of hydrogen-bond acceptors (Lipinski definition) is 3. The molecule has 3 heteroatoms. The van der Waals surface area contributed by atoms with Crippen molar-refractivity contribution in [2.45, 2.75) is 32.6 Å². The third-order valence-corrected chi connectivity index (χ3v) is 2.71. The Hall–Kier alpha value is -1.82. The number of ketones is 1.